The molecule has 24 heavy (non-hydrogen) atoms. The third-order valence-corrected chi connectivity index (χ3v) is 3.88. The van der Waals surface area contributed by atoms with Crippen LogP contribution in [-0.4, -0.2) is 24.8 Å². The highest BCUT2D eigenvalue weighted by Crippen LogP contribution is 2.36. The van der Waals surface area contributed by atoms with E-state index in [1.54, 1.807) is 25.3 Å². The fraction of sp³-hybridized carbons (Fsp3) is 0.235. The predicted molar refractivity (Wildman–Crippen MR) is 94.9 cm³/mol. The molecule has 0 aliphatic rings. The molecule has 128 valence electrons. The number of nitrogens with one attached hydrogen (secondary N) is 1. The second-order valence-electron chi connectivity index (χ2n) is 4.90. The van der Waals surface area contributed by atoms with E-state index in [0.717, 1.165) is 5.56 Å². The molecule has 0 saturated heterocycles. The molecule has 0 aromatic heterocycles. The Morgan fingerprint density at radius 2 is 1.96 bits per heavy atom. The Balaban J connectivity index is 2.22. The van der Waals surface area contributed by atoms with Gasteiger partial charge < -0.3 is 19.9 Å². The maximum Gasteiger partial charge on any atom is 0.335 e. The van der Waals surface area contributed by atoms with Crippen LogP contribution in [0.25, 0.3) is 0 Å². The topological polar surface area (TPSA) is 67.8 Å². The lowest BCUT2D eigenvalue weighted by Gasteiger charge is -2.14. The average molecular weight is 370 g/mol. The van der Waals surface area contributed by atoms with Gasteiger partial charge in [0.1, 0.15) is 0 Å². The van der Waals surface area contributed by atoms with Crippen LogP contribution in [0.1, 0.15) is 22.8 Å². The maximum atomic E-state index is 11.0. The molecule has 0 spiro atoms. The first-order chi connectivity index (χ1) is 11.5. The van der Waals surface area contributed by atoms with Crippen molar-refractivity contribution < 1.29 is 19.4 Å². The van der Waals surface area contributed by atoms with Crippen LogP contribution in [0.3, 0.4) is 0 Å². The summed E-state index contributed by atoms with van der Waals surface area (Å²) >= 11 is 12.3. The fourth-order valence-electron chi connectivity index (χ4n) is 2.15. The van der Waals surface area contributed by atoms with Gasteiger partial charge in [0, 0.05) is 6.54 Å². The van der Waals surface area contributed by atoms with Gasteiger partial charge in [-0.3, -0.25) is 0 Å². The van der Waals surface area contributed by atoms with Crippen molar-refractivity contribution in [2.75, 3.05) is 19.0 Å². The van der Waals surface area contributed by atoms with Crippen molar-refractivity contribution in [1.82, 2.24) is 0 Å². The molecule has 0 radical (unpaired) electrons. The third kappa shape index (κ3) is 4.24. The highest BCUT2D eigenvalue weighted by Gasteiger charge is 2.12. The van der Waals surface area contributed by atoms with Crippen LogP contribution >= 0.6 is 23.2 Å². The monoisotopic (exact) mass is 369 g/mol. The molecule has 0 bridgehead atoms. The molecule has 0 aliphatic heterocycles. The van der Waals surface area contributed by atoms with Crippen LogP contribution in [-0.2, 0) is 6.54 Å². The number of aromatic carboxylic acids is 1. The van der Waals surface area contributed by atoms with E-state index in [4.69, 9.17) is 37.8 Å². The number of methoxy groups -OCH3 is 1. The quantitative estimate of drug-likeness (QED) is 0.739. The summed E-state index contributed by atoms with van der Waals surface area (Å²) in [4.78, 5) is 11.0. The molecular weight excluding hydrogens is 353 g/mol. The van der Waals surface area contributed by atoms with Gasteiger partial charge in [-0.25, -0.2) is 4.79 Å². The summed E-state index contributed by atoms with van der Waals surface area (Å²) < 4.78 is 10.8. The number of anilines is 1. The Hall–Kier alpha value is -2.11. The lowest BCUT2D eigenvalue weighted by atomic mass is 10.1. The Kier molecular flexibility index (Phi) is 6.17. The molecule has 2 N–H and O–H groups in total. The molecule has 2 rings (SSSR count). The zero-order chi connectivity index (χ0) is 17.7. The van der Waals surface area contributed by atoms with Crippen molar-refractivity contribution >= 4 is 34.9 Å². The molecular formula is C17H17Cl2NO4. The van der Waals surface area contributed by atoms with E-state index >= 15 is 0 Å². The minimum Gasteiger partial charge on any atom is -0.493 e. The highest BCUT2D eigenvalue weighted by molar-refractivity contribution is 6.33. The van der Waals surface area contributed by atoms with Crippen molar-refractivity contribution in [3.05, 3.63) is 51.5 Å². The molecule has 7 heteroatoms. The van der Waals surface area contributed by atoms with E-state index in [1.165, 1.54) is 12.1 Å². The van der Waals surface area contributed by atoms with E-state index in [-0.39, 0.29) is 5.56 Å². The van der Waals surface area contributed by atoms with E-state index in [2.05, 4.69) is 5.32 Å². The number of carboxylic acid groups (broad SMARTS) is 1. The van der Waals surface area contributed by atoms with E-state index < -0.39 is 5.97 Å². The second-order valence-corrected chi connectivity index (χ2v) is 5.71. The summed E-state index contributed by atoms with van der Waals surface area (Å²) in [6.45, 7) is 2.74. The molecule has 0 fully saturated rings. The highest BCUT2D eigenvalue weighted by atomic mass is 35.5. The summed E-state index contributed by atoms with van der Waals surface area (Å²) in [6.07, 6.45) is 0. The molecule has 0 unspecified atom stereocenters. The van der Waals surface area contributed by atoms with Crippen molar-refractivity contribution in [2.24, 2.45) is 0 Å². The standard InChI is InChI=1S/C17H17Cl2NO4/c1-3-24-16-13(19)6-10(7-15(16)23-2)9-20-14-8-11(17(21)22)4-5-12(14)18/h4-8,20H,3,9H2,1-2H3,(H,21,22). The lowest BCUT2D eigenvalue weighted by Crippen LogP contribution is -2.04. The number of carbonyl (C=O) groups is 1. The van der Waals surface area contributed by atoms with Crippen molar-refractivity contribution in [3.8, 4) is 11.5 Å². The summed E-state index contributed by atoms with van der Waals surface area (Å²) in [5.74, 6) is 0.0170. The second kappa shape index (κ2) is 8.13. The van der Waals surface area contributed by atoms with E-state index in [1.807, 2.05) is 6.92 Å². The first-order valence-electron chi connectivity index (χ1n) is 7.22. The molecule has 0 aliphatic carbocycles. The van der Waals surface area contributed by atoms with Crippen LogP contribution in [0.2, 0.25) is 10.0 Å². The number of carboxylic acids is 1. The van der Waals surface area contributed by atoms with Crippen LogP contribution in [0, 0.1) is 0 Å². The van der Waals surface area contributed by atoms with Gasteiger partial charge in [-0.2, -0.15) is 0 Å². The summed E-state index contributed by atoms with van der Waals surface area (Å²) in [5.41, 5.74) is 1.53. The van der Waals surface area contributed by atoms with E-state index in [0.29, 0.717) is 40.4 Å². The smallest absolute Gasteiger partial charge is 0.335 e. The van der Waals surface area contributed by atoms with Gasteiger partial charge in [0.15, 0.2) is 11.5 Å². The van der Waals surface area contributed by atoms with Crippen molar-refractivity contribution in [3.63, 3.8) is 0 Å². The normalized spacial score (nSPS) is 10.3. The Bertz CT molecular complexity index is 750. The molecule has 2 aromatic rings. The van der Waals surface area contributed by atoms with Crippen LogP contribution < -0.4 is 14.8 Å². The number of ether oxygens (including phenoxy) is 2. The first-order valence-corrected chi connectivity index (χ1v) is 7.97. The Morgan fingerprint density at radius 1 is 1.21 bits per heavy atom. The number of benzene rings is 2. The number of rotatable bonds is 7. The average Bonchev–Trinajstić information content (AvgIpc) is 2.55. The van der Waals surface area contributed by atoms with Gasteiger partial charge in [0.25, 0.3) is 0 Å². The molecule has 5 nitrogen and oxygen atoms in total. The van der Waals surface area contributed by atoms with Gasteiger partial charge in [-0.05, 0) is 42.8 Å². The molecule has 0 heterocycles. The fourth-order valence-corrected chi connectivity index (χ4v) is 2.62. The lowest BCUT2D eigenvalue weighted by molar-refractivity contribution is 0.0697. The SMILES string of the molecule is CCOc1c(Cl)cc(CNc2cc(C(=O)O)ccc2Cl)cc1OC. The number of hydrogen-bond donors (Lipinski definition) is 2. The largest absolute Gasteiger partial charge is 0.493 e. The molecule has 2 aromatic carbocycles. The molecule has 0 amide bonds. The van der Waals surface area contributed by atoms with Gasteiger partial charge in [0.05, 0.1) is 35.0 Å². The predicted octanol–water partition coefficient (Wildman–Crippen LogP) is 4.71. The minimum absolute atomic E-state index is 0.157. The first kappa shape index (κ1) is 18.2. The molecule has 0 atom stereocenters. The van der Waals surface area contributed by atoms with Gasteiger partial charge in [-0.15, -0.1) is 0 Å². The third-order valence-electron chi connectivity index (χ3n) is 3.27. The Morgan fingerprint density at radius 3 is 2.58 bits per heavy atom. The van der Waals surface area contributed by atoms with Crippen molar-refractivity contribution in [2.45, 2.75) is 13.5 Å². The minimum atomic E-state index is -1.01. The Labute approximate surface area is 150 Å². The van der Waals surface area contributed by atoms with Crippen LogP contribution in [0.15, 0.2) is 30.3 Å². The summed E-state index contributed by atoms with van der Waals surface area (Å²) in [5, 5.41) is 13.0. The zero-order valence-corrected chi connectivity index (χ0v) is 14.7. The number of halogens is 2. The summed E-state index contributed by atoms with van der Waals surface area (Å²) in [7, 11) is 1.54. The maximum absolute atomic E-state index is 11.0. The van der Waals surface area contributed by atoms with E-state index in [9.17, 15) is 4.79 Å². The zero-order valence-electron chi connectivity index (χ0n) is 13.2. The molecule has 0 saturated carbocycles. The van der Waals surface area contributed by atoms with Crippen molar-refractivity contribution in [1.29, 1.82) is 0 Å². The van der Waals surface area contributed by atoms with Gasteiger partial charge >= 0.3 is 5.97 Å². The van der Waals surface area contributed by atoms with Crippen LogP contribution in [0.5, 0.6) is 11.5 Å². The van der Waals surface area contributed by atoms with Gasteiger partial charge in [-0.1, -0.05) is 23.2 Å². The van der Waals surface area contributed by atoms with Gasteiger partial charge in [0.2, 0.25) is 0 Å². The van der Waals surface area contributed by atoms with Crippen LogP contribution in [0.4, 0.5) is 5.69 Å². The summed E-state index contributed by atoms with van der Waals surface area (Å²) in [6, 6.07) is 8.04. The number of hydrogen-bond acceptors (Lipinski definition) is 4.